The van der Waals surface area contributed by atoms with Gasteiger partial charge in [-0.1, -0.05) is 0 Å². The van der Waals surface area contributed by atoms with Crippen molar-refractivity contribution in [3.8, 4) is 23.1 Å². The van der Waals surface area contributed by atoms with Gasteiger partial charge in [-0.15, -0.1) is 0 Å². The molecule has 0 bridgehead atoms. The summed E-state index contributed by atoms with van der Waals surface area (Å²) < 4.78 is 5.01. The second-order valence-corrected chi connectivity index (χ2v) is 3.95. The van der Waals surface area contributed by atoms with Crippen molar-refractivity contribution >= 4 is 5.97 Å². The normalized spacial score (nSPS) is 9.80. The number of carboxylic acid groups (broad SMARTS) is 1. The van der Waals surface area contributed by atoms with Gasteiger partial charge >= 0.3 is 5.97 Å². The number of aromatic amines is 1. The molecule has 0 amide bonds. The molecule has 2 rings (SSSR count). The standard InChI is InChI=1S/C14H10N2O4/c1-20-10-4-2-8(3-5-10)12-11(14(18)19)6-9(7-15)13(17)16-12/h2-6H,1H3,(H,16,17)(H,18,19). The summed E-state index contributed by atoms with van der Waals surface area (Å²) in [7, 11) is 1.52. The summed E-state index contributed by atoms with van der Waals surface area (Å²) in [6, 6.07) is 9.29. The lowest BCUT2D eigenvalue weighted by Crippen LogP contribution is -2.15. The molecule has 0 aliphatic carbocycles. The van der Waals surface area contributed by atoms with Crippen molar-refractivity contribution in [3.05, 3.63) is 51.8 Å². The van der Waals surface area contributed by atoms with Gasteiger partial charge in [-0.25, -0.2) is 4.79 Å². The molecule has 6 nitrogen and oxygen atoms in total. The van der Waals surface area contributed by atoms with Crippen LogP contribution < -0.4 is 10.3 Å². The number of rotatable bonds is 3. The molecular weight excluding hydrogens is 260 g/mol. The molecule has 1 heterocycles. The molecular formula is C14H10N2O4. The van der Waals surface area contributed by atoms with Gasteiger partial charge in [-0.3, -0.25) is 4.79 Å². The maximum Gasteiger partial charge on any atom is 0.337 e. The molecule has 0 saturated carbocycles. The van der Waals surface area contributed by atoms with Crippen molar-refractivity contribution in [1.29, 1.82) is 5.26 Å². The molecule has 0 aliphatic rings. The molecule has 2 N–H and O–H groups in total. The number of aromatic nitrogens is 1. The number of H-pyrrole nitrogens is 1. The Hall–Kier alpha value is -3.07. The Morgan fingerprint density at radius 3 is 2.50 bits per heavy atom. The topological polar surface area (TPSA) is 103 Å². The lowest BCUT2D eigenvalue weighted by Gasteiger charge is -2.07. The van der Waals surface area contributed by atoms with Crippen LogP contribution in [0.3, 0.4) is 0 Å². The highest BCUT2D eigenvalue weighted by atomic mass is 16.5. The number of nitrogens with one attached hydrogen (secondary N) is 1. The fraction of sp³-hybridized carbons (Fsp3) is 0.0714. The van der Waals surface area contributed by atoms with E-state index in [-0.39, 0.29) is 16.8 Å². The van der Waals surface area contributed by atoms with Gasteiger partial charge in [-0.2, -0.15) is 5.26 Å². The van der Waals surface area contributed by atoms with E-state index in [4.69, 9.17) is 10.00 Å². The molecule has 0 spiro atoms. The van der Waals surface area contributed by atoms with Gasteiger partial charge in [0.25, 0.3) is 5.56 Å². The summed E-state index contributed by atoms with van der Waals surface area (Å²) in [6.45, 7) is 0. The largest absolute Gasteiger partial charge is 0.497 e. The zero-order valence-corrected chi connectivity index (χ0v) is 10.5. The lowest BCUT2D eigenvalue weighted by molar-refractivity contribution is 0.0697. The summed E-state index contributed by atoms with van der Waals surface area (Å²) in [5, 5.41) is 18.0. The number of aromatic carboxylic acids is 1. The maximum absolute atomic E-state index is 11.6. The minimum Gasteiger partial charge on any atom is -0.497 e. The number of benzene rings is 1. The monoisotopic (exact) mass is 270 g/mol. The Morgan fingerprint density at radius 2 is 2.00 bits per heavy atom. The van der Waals surface area contributed by atoms with E-state index in [1.54, 1.807) is 30.3 Å². The number of hydrogen-bond donors (Lipinski definition) is 2. The van der Waals surface area contributed by atoms with E-state index in [0.717, 1.165) is 6.07 Å². The summed E-state index contributed by atoms with van der Waals surface area (Å²) in [5.41, 5.74) is -0.316. The highest BCUT2D eigenvalue weighted by Crippen LogP contribution is 2.23. The van der Waals surface area contributed by atoms with Gasteiger partial charge in [0.2, 0.25) is 0 Å². The minimum absolute atomic E-state index is 0.133. The first-order chi connectivity index (χ1) is 9.56. The molecule has 100 valence electrons. The van der Waals surface area contributed by atoms with Crippen molar-refractivity contribution in [2.45, 2.75) is 0 Å². The van der Waals surface area contributed by atoms with Crippen molar-refractivity contribution in [2.75, 3.05) is 7.11 Å². The number of ether oxygens (including phenoxy) is 1. The van der Waals surface area contributed by atoms with E-state index < -0.39 is 11.5 Å². The third-order valence-electron chi connectivity index (χ3n) is 2.77. The van der Waals surface area contributed by atoms with E-state index in [0.29, 0.717) is 11.3 Å². The molecule has 0 saturated heterocycles. The average molecular weight is 270 g/mol. The number of nitrogens with zero attached hydrogens (tertiary/aromatic N) is 1. The van der Waals surface area contributed by atoms with Crippen LogP contribution in [0.15, 0.2) is 35.1 Å². The van der Waals surface area contributed by atoms with E-state index >= 15 is 0 Å². The van der Waals surface area contributed by atoms with Crippen LogP contribution in [0.1, 0.15) is 15.9 Å². The molecule has 6 heteroatoms. The second kappa shape index (κ2) is 5.28. The molecule has 0 fully saturated rings. The first-order valence-electron chi connectivity index (χ1n) is 5.62. The van der Waals surface area contributed by atoms with Crippen LogP contribution >= 0.6 is 0 Å². The number of carbonyl (C=O) groups is 1. The lowest BCUT2D eigenvalue weighted by atomic mass is 10.0. The third-order valence-corrected chi connectivity index (χ3v) is 2.77. The maximum atomic E-state index is 11.6. The van der Waals surface area contributed by atoms with E-state index in [9.17, 15) is 14.7 Å². The van der Waals surface area contributed by atoms with Gasteiger partial charge in [0.15, 0.2) is 0 Å². The summed E-state index contributed by atoms with van der Waals surface area (Å²) in [5.74, 6) is -0.606. The molecule has 2 aromatic rings. The van der Waals surface area contributed by atoms with Crippen LogP contribution in [0.5, 0.6) is 5.75 Å². The highest BCUT2D eigenvalue weighted by Gasteiger charge is 2.15. The number of nitriles is 1. The van der Waals surface area contributed by atoms with Gasteiger partial charge in [0.05, 0.1) is 18.4 Å². The Bertz CT molecular complexity index is 754. The fourth-order valence-corrected chi connectivity index (χ4v) is 1.77. The van der Waals surface area contributed by atoms with Gasteiger partial charge in [0.1, 0.15) is 17.4 Å². The van der Waals surface area contributed by atoms with Gasteiger partial charge < -0.3 is 14.8 Å². The number of methoxy groups -OCH3 is 1. The molecule has 0 radical (unpaired) electrons. The summed E-state index contributed by atoms with van der Waals surface area (Å²) in [6.07, 6.45) is 0. The zero-order chi connectivity index (χ0) is 14.7. The quantitative estimate of drug-likeness (QED) is 0.882. The van der Waals surface area contributed by atoms with Crippen LogP contribution in [0.4, 0.5) is 0 Å². The van der Waals surface area contributed by atoms with Crippen LogP contribution in [0, 0.1) is 11.3 Å². The summed E-state index contributed by atoms with van der Waals surface area (Å²) in [4.78, 5) is 25.3. The van der Waals surface area contributed by atoms with Crippen LogP contribution in [-0.4, -0.2) is 23.2 Å². The highest BCUT2D eigenvalue weighted by molar-refractivity contribution is 5.95. The molecule has 1 aromatic carbocycles. The zero-order valence-electron chi connectivity index (χ0n) is 10.5. The van der Waals surface area contributed by atoms with Crippen LogP contribution in [0.2, 0.25) is 0 Å². The number of hydrogen-bond acceptors (Lipinski definition) is 4. The van der Waals surface area contributed by atoms with Crippen molar-refractivity contribution in [2.24, 2.45) is 0 Å². The number of carboxylic acids is 1. The first kappa shape index (κ1) is 13.4. The molecule has 0 unspecified atom stereocenters. The van der Waals surface area contributed by atoms with Gasteiger partial charge in [0, 0.05) is 0 Å². The van der Waals surface area contributed by atoms with Crippen molar-refractivity contribution in [3.63, 3.8) is 0 Å². The molecule has 1 aromatic heterocycles. The SMILES string of the molecule is COc1ccc(-c2[nH]c(=O)c(C#N)cc2C(=O)O)cc1. The molecule has 0 atom stereocenters. The number of pyridine rings is 1. The summed E-state index contributed by atoms with van der Waals surface area (Å²) >= 11 is 0. The Balaban J connectivity index is 2.66. The van der Waals surface area contributed by atoms with E-state index in [1.165, 1.54) is 7.11 Å². The Morgan fingerprint density at radius 1 is 1.35 bits per heavy atom. The van der Waals surface area contributed by atoms with Crippen molar-refractivity contribution < 1.29 is 14.6 Å². The fourth-order valence-electron chi connectivity index (χ4n) is 1.77. The molecule has 20 heavy (non-hydrogen) atoms. The first-order valence-corrected chi connectivity index (χ1v) is 5.62. The van der Waals surface area contributed by atoms with Crippen LogP contribution in [0.25, 0.3) is 11.3 Å². The Labute approximate surface area is 113 Å². The predicted molar refractivity (Wildman–Crippen MR) is 70.7 cm³/mol. The van der Waals surface area contributed by atoms with Crippen LogP contribution in [-0.2, 0) is 0 Å². The van der Waals surface area contributed by atoms with E-state index in [1.807, 2.05) is 0 Å². The smallest absolute Gasteiger partial charge is 0.337 e. The van der Waals surface area contributed by atoms with E-state index in [2.05, 4.69) is 4.98 Å². The minimum atomic E-state index is -1.22. The van der Waals surface area contributed by atoms with Gasteiger partial charge in [-0.05, 0) is 35.9 Å². The average Bonchev–Trinajstić information content (AvgIpc) is 2.46. The Kier molecular flexibility index (Phi) is 3.53. The molecule has 0 aliphatic heterocycles. The third kappa shape index (κ3) is 2.37. The predicted octanol–water partition coefficient (Wildman–Crippen LogP) is 1.62. The second-order valence-electron chi connectivity index (χ2n) is 3.95. The van der Waals surface area contributed by atoms with Crippen molar-refractivity contribution in [1.82, 2.24) is 4.98 Å².